The Labute approximate surface area is 206 Å². The molecule has 176 valence electrons. The molecule has 0 unspecified atom stereocenters. The van der Waals surface area contributed by atoms with Gasteiger partial charge in [-0.1, -0.05) is 29.4 Å². The van der Waals surface area contributed by atoms with Gasteiger partial charge in [0.15, 0.2) is 11.0 Å². The summed E-state index contributed by atoms with van der Waals surface area (Å²) in [6.45, 7) is 1.87. The van der Waals surface area contributed by atoms with Gasteiger partial charge < -0.3 is 9.64 Å². The van der Waals surface area contributed by atoms with Crippen LogP contribution in [-0.2, 0) is 10.0 Å². The molecule has 8 nitrogen and oxygen atoms in total. The number of methoxy groups -OCH3 is 1. The first-order chi connectivity index (χ1) is 16.5. The lowest BCUT2D eigenvalue weighted by atomic mass is 10.2. The van der Waals surface area contributed by atoms with E-state index in [0.717, 1.165) is 21.2 Å². The number of rotatable bonds is 6. The Kier molecular flexibility index (Phi) is 6.39. The molecule has 1 fully saturated rings. The van der Waals surface area contributed by atoms with E-state index in [2.05, 4.69) is 15.2 Å². The average molecular weight is 517 g/mol. The van der Waals surface area contributed by atoms with Gasteiger partial charge in [-0.2, -0.15) is 4.31 Å². The number of fused-ring (bicyclic) bond motifs is 1. The normalized spacial score (nSPS) is 15.1. The SMILES string of the molecule is COc1cccc(Sc2ccc(S(=O)(=O)N3CCN(c4ccc(Cl)cc4)CC3)c3nonc23)c1. The molecule has 1 saturated heterocycles. The number of anilines is 1. The zero-order valence-corrected chi connectivity index (χ0v) is 20.6. The van der Waals surface area contributed by atoms with Crippen molar-refractivity contribution in [2.75, 3.05) is 38.2 Å². The fourth-order valence-corrected chi connectivity index (χ4v) is 6.49. The van der Waals surface area contributed by atoms with E-state index < -0.39 is 10.0 Å². The quantitative estimate of drug-likeness (QED) is 0.369. The number of hydrogen-bond donors (Lipinski definition) is 0. The Balaban J connectivity index is 1.38. The summed E-state index contributed by atoms with van der Waals surface area (Å²) in [5.74, 6) is 0.733. The molecule has 0 aliphatic carbocycles. The van der Waals surface area contributed by atoms with Crippen molar-refractivity contribution in [3.05, 3.63) is 65.7 Å². The molecule has 0 atom stereocenters. The number of hydrogen-bond acceptors (Lipinski definition) is 8. The van der Waals surface area contributed by atoms with Gasteiger partial charge in [0.2, 0.25) is 10.0 Å². The van der Waals surface area contributed by atoms with Crippen LogP contribution in [0, 0.1) is 0 Å². The third-order valence-electron chi connectivity index (χ3n) is 5.66. The second-order valence-electron chi connectivity index (χ2n) is 7.67. The van der Waals surface area contributed by atoms with Gasteiger partial charge >= 0.3 is 0 Å². The van der Waals surface area contributed by atoms with E-state index in [1.54, 1.807) is 19.2 Å². The predicted molar refractivity (Wildman–Crippen MR) is 131 cm³/mol. The van der Waals surface area contributed by atoms with E-state index in [1.807, 2.05) is 48.5 Å². The van der Waals surface area contributed by atoms with Gasteiger partial charge in [0, 0.05) is 46.7 Å². The summed E-state index contributed by atoms with van der Waals surface area (Å²) >= 11 is 7.42. The van der Waals surface area contributed by atoms with Crippen LogP contribution in [0.5, 0.6) is 5.75 Å². The number of halogens is 1. The number of aromatic nitrogens is 2. The van der Waals surface area contributed by atoms with Crippen molar-refractivity contribution in [1.29, 1.82) is 0 Å². The van der Waals surface area contributed by atoms with Crippen molar-refractivity contribution >= 4 is 50.1 Å². The smallest absolute Gasteiger partial charge is 0.245 e. The summed E-state index contributed by atoms with van der Waals surface area (Å²) in [7, 11) is -2.17. The maximum Gasteiger partial charge on any atom is 0.245 e. The van der Waals surface area contributed by atoms with Crippen LogP contribution < -0.4 is 9.64 Å². The molecule has 1 aliphatic rings. The minimum Gasteiger partial charge on any atom is -0.497 e. The van der Waals surface area contributed by atoms with Crippen LogP contribution in [0.15, 0.2) is 80.0 Å². The van der Waals surface area contributed by atoms with Crippen molar-refractivity contribution in [3.8, 4) is 5.75 Å². The molecule has 34 heavy (non-hydrogen) atoms. The van der Waals surface area contributed by atoms with Gasteiger partial charge in [0.05, 0.1) is 7.11 Å². The molecule has 0 N–H and O–H groups in total. The summed E-state index contributed by atoms with van der Waals surface area (Å²) in [6, 6.07) is 18.5. The number of nitrogens with zero attached hydrogens (tertiary/aromatic N) is 4. The molecule has 4 aromatic rings. The second kappa shape index (κ2) is 9.46. The fourth-order valence-electron chi connectivity index (χ4n) is 3.88. The fraction of sp³-hybridized carbons (Fsp3) is 0.217. The van der Waals surface area contributed by atoms with Crippen LogP contribution in [0.1, 0.15) is 0 Å². The third kappa shape index (κ3) is 4.46. The van der Waals surface area contributed by atoms with Gasteiger partial charge in [-0.15, -0.1) is 0 Å². The highest BCUT2D eigenvalue weighted by Crippen LogP contribution is 2.36. The molecular formula is C23H21ClN4O4S2. The lowest BCUT2D eigenvalue weighted by molar-refractivity contribution is 0.314. The Hall–Kier alpha value is -2.79. The number of piperazine rings is 1. The molecule has 0 amide bonds. The molecule has 0 bridgehead atoms. The van der Waals surface area contributed by atoms with E-state index in [0.29, 0.717) is 36.7 Å². The summed E-state index contributed by atoms with van der Waals surface area (Å²) in [5.41, 5.74) is 1.66. The maximum absolute atomic E-state index is 13.5. The first-order valence-corrected chi connectivity index (χ1v) is 13.2. The molecule has 11 heteroatoms. The van der Waals surface area contributed by atoms with Crippen molar-refractivity contribution in [1.82, 2.24) is 14.6 Å². The Morgan fingerprint density at radius 3 is 2.44 bits per heavy atom. The van der Waals surface area contributed by atoms with Gasteiger partial charge in [-0.05, 0) is 64.9 Å². The number of benzene rings is 3. The Bertz CT molecular complexity index is 1420. The van der Waals surface area contributed by atoms with Crippen molar-refractivity contribution in [3.63, 3.8) is 0 Å². The summed E-state index contributed by atoms with van der Waals surface area (Å²) in [6.07, 6.45) is 0. The Morgan fingerprint density at radius 1 is 0.971 bits per heavy atom. The summed E-state index contributed by atoms with van der Waals surface area (Å²) in [5, 5.41) is 8.60. The van der Waals surface area contributed by atoms with Gasteiger partial charge in [0.1, 0.15) is 10.6 Å². The highest BCUT2D eigenvalue weighted by molar-refractivity contribution is 7.99. The molecule has 1 aromatic heterocycles. The van der Waals surface area contributed by atoms with E-state index in [4.69, 9.17) is 21.0 Å². The van der Waals surface area contributed by atoms with Gasteiger partial charge in [0.25, 0.3) is 0 Å². The zero-order chi connectivity index (χ0) is 23.7. The predicted octanol–water partition coefficient (Wildman–Crippen LogP) is 4.55. The molecular weight excluding hydrogens is 496 g/mol. The van der Waals surface area contributed by atoms with Crippen LogP contribution in [0.4, 0.5) is 5.69 Å². The van der Waals surface area contributed by atoms with Gasteiger partial charge in [-0.25, -0.2) is 13.0 Å². The minimum absolute atomic E-state index is 0.0960. The van der Waals surface area contributed by atoms with E-state index in [-0.39, 0.29) is 10.4 Å². The molecule has 3 aromatic carbocycles. The molecule has 5 rings (SSSR count). The van der Waals surface area contributed by atoms with Crippen molar-refractivity contribution < 1.29 is 17.8 Å². The topological polar surface area (TPSA) is 88.8 Å². The lowest BCUT2D eigenvalue weighted by Gasteiger charge is -2.35. The lowest BCUT2D eigenvalue weighted by Crippen LogP contribution is -2.48. The highest BCUT2D eigenvalue weighted by atomic mass is 35.5. The zero-order valence-electron chi connectivity index (χ0n) is 18.2. The van der Waals surface area contributed by atoms with Crippen LogP contribution >= 0.6 is 23.4 Å². The second-order valence-corrected chi connectivity index (χ2v) is 11.1. The van der Waals surface area contributed by atoms with Crippen LogP contribution in [0.3, 0.4) is 0 Å². The Morgan fingerprint density at radius 2 is 1.71 bits per heavy atom. The van der Waals surface area contributed by atoms with Crippen LogP contribution in [0.2, 0.25) is 5.02 Å². The molecule has 0 radical (unpaired) electrons. The first-order valence-electron chi connectivity index (χ1n) is 10.5. The average Bonchev–Trinajstić information content (AvgIpc) is 3.35. The van der Waals surface area contributed by atoms with E-state index >= 15 is 0 Å². The first kappa shape index (κ1) is 23.0. The van der Waals surface area contributed by atoms with Crippen molar-refractivity contribution in [2.24, 2.45) is 0 Å². The minimum atomic E-state index is -3.78. The van der Waals surface area contributed by atoms with E-state index in [1.165, 1.54) is 16.1 Å². The summed E-state index contributed by atoms with van der Waals surface area (Å²) < 4.78 is 38.7. The van der Waals surface area contributed by atoms with E-state index in [9.17, 15) is 8.42 Å². The standard InChI is InChI=1S/C23H21ClN4O4S2/c1-31-18-3-2-4-19(15-18)33-20-9-10-21(23-22(20)25-32-26-23)34(29,30)28-13-11-27(12-14-28)17-7-5-16(24)6-8-17/h2-10,15H,11-14H2,1H3. The monoisotopic (exact) mass is 516 g/mol. The summed E-state index contributed by atoms with van der Waals surface area (Å²) in [4.78, 5) is 3.91. The molecule has 0 saturated carbocycles. The number of ether oxygens (including phenoxy) is 1. The molecule has 0 spiro atoms. The van der Waals surface area contributed by atoms with Crippen LogP contribution in [-0.4, -0.2) is 56.3 Å². The molecule has 2 heterocycles. The maximum atomic E-state index is 13.5. The number of sulfonamides is 1. The van der Waals surface area contributed by atoms with Crippen LogP contribution in [0.25, 0.3) is 11.0 Å². The largest absolute Gasteiger partial charge is 0.497 e. The molecule has 1 aliphatic heterocycles. The highest BCUT2D eigenvalue weighted by Gasteiger charge is 2.32. The van der Waals surface area contributed by atoms with Crippen molar-refractivity contribution in [2.45, 2.75) is 14.7 Å². The third-order valence-corrected chi connectivity index (χ3v) is 8.88. The van der Waals surface area contributed by atoms with Gasteiger partial charge in [-0.3, -0.25) is 0 Å².